The number of anilines is 1. The molecule has 1 aromatic rings. The number of thiocarbonyl (C=S) groups is 1. The average molecular weight is 402 g/mol. The normalized spacial score (nSPS) is 9.87. The highest BCUT2D eigenvalue weighted by Crippen LogP contribution is 2.19. The number of aryl methyl sites for hydroxylation is 1. The van der Waals surface area contributed by atoms with Crippen molar-refractivity contribution in [2.75, 3.05) is 25.5 Å². The highest BCUT2D eigenvalue weighted by Gasteiger charge is 2.06. The zero-order chi connectivity index (χ0) is 17.2. The lowest BCUT2D eigenvalue weighted by Gasteiger charge is -2.12. The second-order valence-corrected chi connectivity index (χ2v) is 6.12. The number of carbonyl (C=O) groups excluding carboxylic acids is 2. The summed E-state index contributed by atoms with van der Waals surface area (Å²) in [6.45, 7) is 2.52. The summed E-state index contributed by atoms with van der Waals surface area (Å²) in [6, 6.07) is 5.63. The van der Waals surface area contributed by atoms with Crippen LogP contribution in [0.1, 0.15) is 18.4 Å². The third kappa shape index (κ3) is 7.94. The maximum atomic E-state index is 11.9. The number of hydrogen-bond donors (Lipinski definition) is 3. The molecule has 1 aromatic carbocycles. The number of carbonyl (C=O) groups is 2. The SMILES string of the molecule is COC(=O)CCCNC(=S)NCC(=O)Nc1ccc(Br)cc1C. The number of amides is 1. The van der Waals surface area contributed by atoms with E-state index in [0.29, 0.717) is 24.5 Å². The van der Waals surface area contributed by atoms with E-state index < -0.39 is 0 Å². The smallest absolute Gasteiger partial charge is 0.305 e. The van der Waals surface area contributed by atoms with Crippen LogP contribution in [0.4, 0.5) is 5.69 Å². The number of ether oxygens (including phenoxy) is 1. The van der Waals surface area contributed by atoms with Gasteiger partial charge in [0, 0.05) is 23.1 Å². The van der Waals surface area contributed by atoms with E-state index in [2.05, 4.69) is 36.6 Å². The van der Waals surface area contributed by atoms with Crippen molar-refractivity contribution < 1.29 is 14.3 Å². The molecule has 0 heterocycles. The summed E-state index contributed by atoms with van der Waals surface area (Å²) >= 11 is 8.44. The van der Waals surface area contributed by atoms with Crippen LogP contribution >= 0.6 is 28.1 Å². The van der Waals surface area contributed by atoms with Gasteiger partial charge in [-0.3, -0.25) is 9.59 Å². The molecule has 1 amide bonds. The molecular formula is C15H20BrN3O3S. The third-order valence-electron chi connectivity index (χ3n) is 2.94. The maximum Gasteiger partial charge on any atom is 0.305 e. The van der Waals surface area contributed by atoms with Crippen LogP contribution < -0.4 is 16.0 Å². The predicted molar refractivity (Wildman–Crippen MR) is 97.4 cm³/mol. The molecule has 0 bridgehead atoms. The maximum absolute atomic E-state index is 11.9. The van der Waals surface area contributed by atoms with E-state index in [0.717, 1.165) is 15.7 Å². The molecule has 0 aliphatic rings. The van der Waals surface area contributed by atoms with Crippen LogP contribution in [-0.4, -0.2) is 37.2 Å². The zero-order valence-electron chi connectivity index (χ0n) is 13.1. The minimum atomic E-state index is -0.255. The van der Waals surface area contributed by atoms with Crippen LogP contribution in [0.15, 0.2) is 22.7 Å². The number of methoxy groups -OCH3 is 1. The number of benzene rings is 1. The van der Waals surface area contributed by atoms with E-state index >= 15 is 0 Å². The van der Waals surface area contributed by atoms with Gasteiger partial charge in [0.1, 0.15) is 0 Å². The lowest BCUT2D eigenvalue weighted by molar-refractivity contribution is -0.140. The van der Waals surface area contributed by atoms with Gasteiger partial charge >= 0.3 is 5.97 Å². The molecule has 6 nitrogen and oxygen atoms in total. The molecule has 0 aromatic heterocycles. The van der Waals surface area contributed by atoms with Gasteiger partial charge in [-0.1, -0.05) is 15.9 Å². The van der Waals surface area contributed by atoms with E-state index in [9.17, 15) is 9.59 Å². The quantitative estimate of drug-likeness (QED) is 0.368. The number of esters is 1. The van der Waals surface area contributed by atoms with Gasteiger partial charge in [-0.05, 0) is 49.3 Å². The van der Waals surface area contributed by atoms with Crippen molar-refractivity contribution in [2.24, 2.45) is 0 Å². The van der Waals surface area contributed by atoms with E-state index in [-0.39, 0.29) is 18.4 Å². The van der Waals surface area contributed by atoms with Crippen molar-refractivity contribution in [2.45, 2.75) is 19.8 Å². The molecule has 0 aliphatic carbocycles. The Hall–Kier alpha value is -1.67. The first-order valence-corrected chi connectivity index (χ1v) is 8.27. The van der Waals surface area contributed by atoms with Crippen LogP contribution in [0.5, 0.6) is 0 Å². The second-order valence-electron chi connectivity index (χ2n) is 4.80. The fraction of sp³-hybridized carbons (Fsp3) is 0.400. The molecule has 1 rings (SSSR count). The molecule has 23 heavy (non-hydrogen) atoms. The Kier molecular flexibility index (Phi) is 8.57. The molecule has 0 radical (unpaired) electrons. The summed E-state index contributed by atoms with van der Waals surface area (Å²) in [5, 5.41) is 8.93. The molecule has 3 N–H and O–H groups in total. The van der Waals surface area contributed by atoms with Gasteiger partial charge in [-0.15, -0.1) is 0 Å². The number of hydrogen-bond acceptors (Lipinski definition) is 4. The molecular weight excluding hydrogens is 382 g/mol. The van der Waals surface area contributed by atoms with E-state index in [1.165, 1.54) is 7.11 Å². The van der Waals surface area contributed by atoms with Gasteiger partial charge < -0.3 is 20.7 Å². The number of halogens is 1. The van der Waals surface area contributed by atoms with Gasteiger partial charge in [0.25, 0.3) is 0 Å². The van der Waals surface area contributed by atoms with Gasteiger partial charge in [-0.2, -0.15) is 0 Å². The molecule has 0 saturated heterocycles. The Morgan fingerprint density at radius 2 is 2.04 bits per heavy atom. The Balaban J connectivity index is 2.25. The average Bonchev–Trinajstić information content (AvgIpc) is 2.52. The molecule has 0 aliphatic heterocycles. The summed E-state index contributed by atoms with van der Waals surface area (Å²) < 4.78 is 5.50. The molecule has 0 atom stereocenters. The van der Waals surface area contributed by atoms with Crippen molar-refractivity contribution in [3.8, 4) is 0 Å². The molecule has 0 spiro atoms. The van der Waals surface area contributed by atoms with Gasteiger partial charge in [0.2, 0.25) is 5.91 Å². The Morgan fingerprint density at radius 3 is 2.70 bits per heavy atom. The van der Waals surface area contributed by atoms with Crippen LogP contribution in [0.2, 0.25) is 0 Å². The van der Waals surface area contributed by atoms with E-state index in [4.69, 9.17) is 12.2 Å². The highest BCUT2D eigenvalue weighted by atomic mass is 79.9. The Labute approximate surface area is 149 Å². The Morgan fingerprint density at radius 1 is 1.30 bits per heavy atom. The first-order valence-electron chi connectivity index (χ1n) is 7.07. The summed E-state index contributed by atoms with van der Waals surface area (Å²) in [4.78, 5) is 22.8. The zero-order valence-corrected chi connectivity index (χ0v) is 15.5. The second kappa shape index (κ2) is 10.2. The minimum Gasteiger partial charge on any atom is -0.469 e. The molecule has 8 heteroatoms. The summed E-state index contributed by atoms with van der Waals surface area (Å²) in [5.41, 5.74) is 1.73. The first kappa shape index (κ1) is 19.4. The Bertz CT molecular complexity index is 581. The molecule has 0 unspecified atom stereocenters. The highest BCUT2D eigenvalue weighted by molar-refractivity contribution is 9.10. The van der Waals surface area contributed by atoms with Crippen LogP contribution in [0, 0.1) is 6.92 Å². The van der Waals surface area contributed by atoms with Crippen molar-refractivity contribution >= 4 is 50.8 Å². The van der Waals surface area contributed by atoms with Crippen LogP contribution in [0.25, 0.3) is 0 Å². The largest absolute Gasteiger partial charge is 0.469 e. The lowest BCUT2D eigenvalue weighted by atomic mass is 10.2. The molecule has 0 fully saturated rings. The fourth-order valence-electron chi connectivity index (χ4n) is 1.72. The van der Waals surface area contributed by atoms with Crippen molar-refractivity contribution in [3.63, 3.8) is 0 Å². The third-order valence-corrected chi connectivity index (χ3v) is 3.72. The molecule has 126 valence electrons. The van der Waals surface area contributed by atoms with Gasteiger partial charge in [0.15, 0.2) is 5.11 Å². The standard InChI is InChI=1S/C15H20BrN3O3S/c1-10-8-11(16)5-6-12(10)19-13(20)9-18-15(23)17-7-3-4-14(21)22-2/h5-6,8H,3-4,7,9H2,1-2H3,(H,19,20)(H2,17,18,23). The lowest BCUT2D eigenvalue weighted by Crippen LogP contribution is -2.40. The summed E-state index contributed by atoms with van der Waals surface area (Å²) in [7, 11) is 1.35. The minimum absolute atomic E-state index is 0.0678. The van der Waals surface area contributed by atoms with E-state index in [1.54, 1.807) is 0 Å². The monoisotopic (exact) mass is 401 g/mol. The van der Waals surface area contributed by atoms with Crippen molar-refractivity contribution in [1.82, 2.24) is 10.6 Å². The van der Waals surface area contributed by atoms with E-state index in [1.807, 2.05) is 25.1 Å². The predicted octanol–water partition coefficient (Wildman–Crippen LogP) is 2.11. The van der Waals surface area contributed by atoms with Crippen LogP contribution in [-0.2, 0) is 14.3 Å². The molecule has 0 saturated carbocycles. The topological polar surface area (TPSA) is 79.5 Å². The van der Waals surface area contributed by atoms with Crippen LogP contribution in [0.3, 0.4) is 0 Å². The first-order chi connectivity index (χ1) is 10.9. The number of rotatable bonds is 7. The van der Waals surface area contributed by atoms with Gasteiger partial charge in [0.05, 0.1) is 13.7 Å². The summed E-state index contributed by atoms with van der Waals surface area (Å²) in [6.07, 6.45) is 0.939. The van der Waals surface area contributed by atoms with Gasteiger partial charge in [-0.25, -0.2) is 0 Å². The van der Waals surface area contributed by atoms with Crippen molar-refractivity contribution in [3.05, 3.63) is 28.2 Å². The van der Waals surface area contributed by atoms with Crippen molar-refractivity contribution in [1.29, 1.82) is 0 Å². The summed E-state index contributed by atoms with van der Waals surface area (Å²) in [5.74, 6) is -0.441. The fourth-order valence-corrected chi connectivity index (χ4v) is 2.37. The number of nitrogens with one attached hydrogen (secondary N) is 3.